The molecule has 1 unspecified atom stereocenters. The minimum Gasteiger partial charge on any atom is -0.348 e. The summed E-state index contributed by atoms with van der Waals surface area (Å²) in [6.45, 7) is 4.84. The van der Waals surface area contributed by atoms with Crippen LogP contribution < -0.4 is 5.32 Å². The fourth-order valence-electron chi connectivity index (χ4n) is 3.68. The van der Waals surface area contributed by atoms with E-state index in [1.165, 1.54) is 16.2 Å². The maximum Gasteiger partial charge on any atom is 0.234 e. The van der Waals surface area contributed by atoms with Gasteiger partial charge < -0.3 is 5.32 Å². The van der Waals surface area contributed by atoms with Crippen molar-refractivity contribution in [1.82, 2.24) is 15.1 Å². The van der Waals surface area contributed by atoms with Crippen molar-refractivity contribution in [2.75, 3.05) is 32.7 Å². The molecule has 0 radical (unpaired) electrons. The van der Waals surface area contributed by atoms with Crippen molar-refractivity contribution in [2.24, 2.45) is 0 Å². The minimum absolute atomic E-state index is 0. The first-order valence-electron chi connectivity index (χ1n) is 8.90. The van der Waals surface area contributed by atoms with Crippen molar-refractivity contribution in [3.05, 3.63) is 40.0 Å². The average molecular weight is 604 g/mol. The van der Waals surface area contributed by atoms with Crippen LogP contribution in [0.4, 0.5) is 0 Å². The van der Waals surface area contributed by atoms with Crippen LogP contribution in [0.25, 0.3) is 0 Å². The summed E-state index contributed by atoms with van der Waals surface area (Å²) in [5, 5.41) is 3.05. The van der Waals surface area contributed by atoms with Gasteiger partial charge in [0.05, 0.1) is 24.5 Å². The Morgan fingerprint density at radius 1 is 1.14 bits per heavy atom. The number of amides is 1. The first kappa shape index (κ1) is 23.7. The van der Waals surface area contributed by atoms with Crippen LogP contribution in [0.5, 0.6) is 0 Å². The van der Waals surface area contributed by atoms with Gasteiger partial charge in [0.2, 0.25) is 5.91 Å². The summed E-state index contributed by atoms with van der Waals surface area (Å²) in [7, 11) is 0. The highest BCUT2D eigenvalue weighted by atomic mass is 79.9. The van der Waals surface area contributed by atoms with E-state index < -0.39 is 0 Å². The number of halogens is 4. The zero-order chi connectivity index (χ0) is 19.8. The number of nitrogens with zero attached hydrogens (tertiary/aromatic N) is 2. The van der Waals surface area contributed by atoms with Crippen LogP contribution in [0, 0.1) is 0 Å². The van der Waals surface area contributed by atoms with Gasteiger partial charge in [0.1, 0.15) is 0 Å². The molecule has 1 saturated heterocycles. The summed E-state index contributed by atoms with van der Waals surface area (Å²) < 4.78 is 2.57. The quantitative estimate of drug-likeness (QED) is 0.524. The lowest BCUT2D eigenvalue weighted by atomic mass is 10.2. The molecule has 1 N–H and O–H groups in total. The topological polar surface area (TPSA) is 52.7 Å². The second-order valence-electron chi connectivity index (χ2n) is 6.94. The highest BCUT2D eigenvalue weighted by Gasteiger charge is 2.36. The molecule has 11 heteroatoms. The molecule has 1 fully saturated rings. The Balaban J connectivity index is 0.00000240. The summed E-state index contributed by atoms with van der Waals surface area (Å²) in [4.78, 5) is 30.6. The summed E-state index contributed by atoms with van der Waals surface area (Å²) in [5.41, 5.74) is 1.62. The third-order valence-corrected chi connectivity index (χ3v) is 8.84. The van der Waals surface area contributed by atoms with Crippen LogP contribution in [0.15, 0.2) is 19.7 Å². The number of nitrogens with one attached hydrogen (secondary N) is 1. The molecule has 0 aromatic carbocycles. The van der Waals surface area contributed by atoms with Crippen LogP contribution in [0.2, 0.25) is 4.34 Å². The first-order valence-corrected chi connectivity index (χ1v) is 12.5. The lowest BCUT2D eigenvalue weighted by Crippen LogP contribution is -2.49. The van der Waals surface area contributed by atoms with Crippen molar-refractivity contribution < 1.29 is 9.59 Å². The van der Waals surface area contributed by atoms with Gasteiger partial charge >= 0.3 is 0 Å². The van der Waals surface area contributed by atoms with Crippen molar-refractivity contribution in [3.8, 4) is 0 Å². The zero-order valence-electron chi connectivity index (χ0n) is 15.3. The molecule has 29 heavy (non-hydrogen) atoms. The summed E-state index contributed by atoms with van der Waals surface area (Å²) in [5.74, 6) is 0.0507. The van der Waals surface area contributed by atoms with E-state index in [0.717, 1.165) is 50.2 Å². The Morgan fingerprint density at radius 2 is 1.83 bits per heavy atom. The van der Waals surface area contributed by atoms with Gasteiger partial charge in [-0.25, -0.2) is 0 Å². The Morgan fingerprint density at radius 3 is 2.48 bits per heavy atom. The van der Waals surface area contributed by atoms with Gasteiger partial charge in [0.15, 0.2) is 5.78 Å². The lowest BCUT2D eigenvalue weighted by molar-refractivity contribution is -0.123. The second kappa shape index (κ2) is 10.1. The van der Waals surface area contributed by atoms with Gasteiger partial charge in [-0.15, -0.1) is 35.1 Å². The lowest BCUT2D eigenvalue weighted by Gasteiger charge is -2.34. The highest BCUT2D eigenvalue weighted by molar-refractivity contribution is 9.12. The van der Waals surface area contributed by atoms with Crippen LogP contribution in [-0.4, -0.2) is 54.2 Å². The number of piperazine rings is 1. The Kier molecular flexibility index (Phi) is 8.22. The van der Waals surface area contributed by atoms with Gasteiger partial charge in [0.25, 0.3) is 0 Å². The third kappa shape index (κ3) is 5.44. The maximum absolute atomic E-state index is 12.6. The number of Topliss-reactive ketones (excluding diaryl/α,β-unsaturated/α-hetero) is 1. The second-order valence-corrected chi connectivity index (χ2v) is 12.4. The molecule has 1 amide bonds. The molecule has 0 spiro atoms. The first-order chi connectivity index (χ1) is 13.4. The molecule has 1 aliphatic carbocycles. The molecular formula is C18H19Br2Cl2N3O2S2. The fraction of sp³-hybridized carbons (Fsp3) is 0.444. The Bertz CT molecular complexity index is 913. The van der Waals surface area contributed by atoms with E-state index >= 15 is 0 Å². The zero-order valence-corrected chi connectivity index (χ0v) is 21.6. The number of hydrogen-bond donors (Lipinski definition) is 1. The minimum atomic E-state index is -0.239. The molecule has 2 aliphatic rings. The molecule has 3 heterocycles. The third-order valence-electron chi connectivity index (χ3n) is 5.05. The van der Waals surface area contributed by atoms with Crippen LogP contribution >= 0.6 is 78.5 Å². The van der Waals surface area contributed by atoms with Gasteiger partial charge in [-0.1, -0.05) is 11.6 Å². The van der Waals surface area contributed by atoms with Crippen molar-refractivity contribution in [3.63, 3.8) is 0 Å². The molecule has 1 atom stereocenters. The molecular weight excluding hydrogens is 585 g/mol. The normalized spacial score (nSPS) is 19.8. The summed E-state index contributed by atoms with van der Waals surface area (Å²) in [6, 6.07) is 3.77. The number of carbonyl (C=O) groups excluding carboxylic acids is 2. The van der Waals surface area contributed by atoms with Crippen molar-refractivity contribution >= 4 is 90.2 Å². The van der Waals surface area contributed by atoms with Crippen molar-refractivity contribution in [2.45, 2.75) is 19.0 Å². The molecule has 0 saturated carbocycles. The van der Waals surface area contributed by atoms with Crippen LogP contribution in [0.1, 0.15) is 33.3 Å². The molecule has 2 aromatic heterocycles. The molecule has 1 aliphatic heterocycles. The van der Waals surface area contributed by atoms with Crippen LogP contribution in [-0.2, 0) is 11.3 Å². The molecule has 158 valence electrons. The summed E-state index contributed by atoms with van der Waals surface area (Å²) in [6.07, 6.45) is 0.332. The molecule has 4 rings (SSSR count). The van der Waals surface area contributed by atoms with E-state index in [0.29, 0.717) is 18.5 Å². The van der Waals surface area contributed by atoms with E-state index in [9.17, 15) is 9.59 Å². The van der Waals surface area contributed by atoms with Crippen molar-refractivity contribution in [1.29, 1.82) is 0 Å². The van der Waals surface area contributed by atoms with Gasteiger partial charge in [-0.2, -0.15) is 0 Å². The highest BCUT2D eigenvalue weighted by Crippen LogP contribution is 2.46. The largest absolute Gasteiger partial charge is 0.348 e. The molecule has 0 bridgehead atoms. The van der Waals surface area contributed by atoms with Gasteiger partial charge in [-0.3, -0.25) is 19.4 Å². The van der Waals surface area contributed by atoms with E-state index in [2.05, 4.69) is 53.0 Å². The van der Waals surface area contributed by atoms with Gasteiger partial charge in [-0.05, 0) is 44.0 Å². The Hall–Kier alpha value is -0.000000000000000222. The van der Waals surface area contributed by atoms with Crippen LogP contribution in [0.3, 0.4) is 0 Å². The number of hydrogen-bond acceptors (Lipinski definition) is 6. The standard InChI is InChI=1S/C18H18Br2ClN3O2S2.ClH/c19-17-15-11(7-12(25)16(15)18(20)28-17)22-14(26)9-24-5-3-23(4-6-24)8-10-1-2-13(21)27-10;/h1-2,11H,3-9H2,(H,22,26);1H. The number of ketones is 1. The van der Waals surface area contributed by atoms with E-state index in [4.69, 9.17) is 11.6 Å². The smallest absolute Gasteiger partial charge is 0.234 e. The number of carbonyl (C=O) groups is 2. The maximum atomic E-state index is 12.6. The average Bonchev–Trinajstić information content (AvgIpc) is 3.27. The van der Waals surface area contributed by atoms with E-state index in [1.54, 1.807) is 11.3 Å². The SMILES string of the molecule is Cl.O=C(CN1CCN(Cc2ccc(Cl)s2)CC1)NC1CC(=O)c2c(Br)sc(Br)c21. The van der Waals surface area contributed by atoms with E-state index in [1.807, 2.05) is 6.07 Å². The number of thiophene rings is 2. The fourth-order valence-corrected chi connectivity index (χ4v) is 8.18. The van der Waals surface area contributed by atoms with Gasteiger partial charge in [0, 0.05) is 55.1 Å². The number of fused-ring (bicyclic) bond motifs is 1. The summed E-state index contributed by atoms with van der Waals surface area (Å²) >= 11 is 16.1. The van der Waals surface area contributed by atoms with E-state index in [-0.39, 0.29) is 30.1 Å². The molecule has 2 aromatic rings. The monoisotopic (exact) mass is 601 g/mol. The Labute approximate surface area is 205 Å². The predicted molar refractivity (Wildman–Crippen MR) is 128 cm³/mol. The molecule has 5 nitrogen and oxygen atoms in total. The number of rotatable bonds is 5. The predicted octanol–water partition coefficient (Wildman–Crippen LogP) is 4.97.